The fourth-order valence-corrected chi connectivity index (χ4v) is 3.35. The molecule has 0 amide bonds. The lowest BCUT2D eigenvalue weighted by Gasteiger charge is -2.20. The SMILES string of the molecule is CCc1cc(-c2cc(C(C)C)c(N)c(C(C)C)c2)cc(CC)c1N. The van der Waals surface area contributed by atoms with Gasteiger partial charge in [0.1, 0.15) is 0 Å². The highest BCUT2D eigenvalue weighted by Crippen LogP contribution is 2.36. The van der Waals surface area contributed by atoms with Crippen molar-refractivity contribution in [1.82, 2.24) is 0 Å². The van der Waals surface area contributed by atoms with E-state index >= 15 is 0 Å². The average molecular weight is 325 g/mol. The quantitative estimate of drug-likeness (QED) is 0.674. The Morgan fingerprint density at radius 1 is 0.667 bits per heavy atom. The summed E-state index contributed by atoms with van der Waals surface area (Å²) in [6.07, 6.45) is 1.91. The summed E-state index contributed by atoms with van der Waals surface area (Å²) in [5.41, 5.74) is 22.1. The van der Waals surface area contributed by atoms with Crippen LogP contribution >= 0.6 is 0 Å². The third kappa shape index (κ3) is 3.43. The molecule has 0 unspecified atom stereocenters. The van der Waals surface area contributed by atoms with Crippen molar-refractivity contribution in [2.24, 2.45) is 0 Å². The molecule has 2 heteroatoms. The molecule has 0 aliphatic heterocycles. The first-order chi connectivity index (χ1) is 11.3. The minimum absolute atomic E-state index is 0.410. The predicted molar refractivity (Wildman–Crippen MR) is 108 cm³/mol. The highest BCUT2D eigenvalue weighted by Gasteiger charge is 2.15. The Hall–Kier alpha value is -1.96. The van der Waals surface area contributed by atoms with Gasteiger partial charge in [-0.25, -0.2) is 0 Å². The molecule has 2 aromatic rings. The van der Waals surface area contributed by atoms with Gasteiger partial charge in [0.05, 0.1) is 0 Å². The van der Waals surface area contributed by atoms with Crippen molar-refractivity contribution in [3.8, 4) is 11.1 Å². The molecular weight excluding hydrogens is 292 g/mol. The van der Waals surface area contributed by atoms with Crippen molar-refractivity contribution in [3.63, 3.8) is 0 Å². The Morgan fingerprint density at radius 3 is 1.38 bits per heavy atom. The molecule has 2 aromatic carbocycles. The van der Waals surface area contributed by atoms with Gasteiger partial charge in [-0.05, 0) is 82.3 Å². The Labute approximate surface area is 147 Å². The van der Waals surface area contributed by atoms with Crippen LogP contribution in [0, 0.1) is 0 Å². The van der Waals surface area contributed by atoms with Crippen LogP contribution in [0.2, 0.25) is 0 Å². The number of aryl methyl sites for hydroxylation is 2. The molecule has 0 fully saturated rings. The third-order valence-corrected chi connectivity index (χ3v) is 4.93. The molecule has 0 saturated carbocycles. The van der Waals surface area contributed by atoms with E-state index in [1.807, 2.05) is 0 Å². The number of anilines is 2. The zero-order chi connectivity index (χ0) is 18.0. The molecule has 0 aliphatic rings. The molecule has 0 saturated heterocycles. The van der Waals surface area contributed by atoms with Gasteiger partial charge in [0.25, 0.3) is 0 Å². The molecule has 0 atom stereocenters. The van der Waals surface area contributed by atoms with Crippen molar-refractivity contribution in [3.05, 3.63) is 46.5 Å². The van der Waals surface area contributed by atoms with Gasteiger partial charge in [0.15, 0.2) is 0 Å². The van der Waals surface area contributed by atoms with Crippen LogP contribution < -0.4 is 11.5 Å². The van der Waals surface area contributed by atoms with Crippen LogP contribution in [0.4, 0.5) is 11.4 Å². The molecule has 0 aromatic heterocycles. The van der Waals surface area contributed by atoms with E-state index < -0.39 is 0 Å². The topological polar surface area (TPSA) is 52.0 Å². The lowest BCUT2D eigenvalue weighted by molar-refractivity contribution is 0.840. The Kier molecular flexibility index (Phi) is 5.58. The van der Waals surface area contributed by atoms with Crippen molar-refractivity contribution in [1.29, 1.82) is 0 Å². The van der Waals surface area contributed by atoms with Gasteiger partial charge in [-0.2, -0.15) is 0 Å². The van der Waals surface area contributed by atoms with E-state index in [2.05, 4.69) is 65.8 Å². The molecule has 24 heavy (non-hydrogen) atoms. The number of rotatable bonds is 5. The summed E-state index contributed by atoms with van der Waals surface area (Å²) < 4.78 is 0. The third-order valence-electron chi connectivity index (χ3n) is 4.93. The summed E-state index contributed by atoms with van der Waals surface area (Å²) in [6, 6.07) is 9.01. The van der Waals surface area contributed by atoms with Crippen LogP contribution in [0.25, 0.3) is 11.1 Å². The van der Waals surface area contributed by atoms with Crippen LogP contribution in [0.15, 0.2) is 24.3 Å². The second-order valence-electron chi connectivity index (χ2n) is 7.29. The molecule has 130 valence electrons. The maximum Gasteiger partial charge on any atom is 0.0384 e. The van der Waals surface area contributed by atoms with Crippen LogP contribution in [0.1, 0.15) is 75.6 Å². The number of nitrogens with two attached hydrogens (primary N) is 2. The molecular formula is C22H32N2. The highest BCUT2D eigenvalue weighted by atomic mass is 14.6. The first-order valence-electron chi connectivity index (χ1n) is 9.14. The standard InChI is InChI=1S/C22H32N2/c1-7-15-9-17(10-16(8-2)21(15)23)18-11-19(13(3)4)22(24)20(12-18)14(5)6/h9-14H,7-8,23-24H2,1-6H3. The van der Waals surface area contributed by atoms with Crippen LogP contribution in [-0.4, -0.2) is 0 Å². The van der Waals surface area contributed by atoms with Crippen molar-refractivity contribution >= 4 is 11.4 Å². The van der Waals surface area contributed by atoms with Crippen LogP contribution in [0.5, 0.6) is 0 Å². The van der Waals surface area contributed by atoms with E-state index in [-0.39, 0.29) is 0 Å². The lowest BCUT2D eigenvalue weighted by Crippen LogP contribution is -2.04. The van der Waals surface area contributed by atoms with E-state index in [9.17, 15) is 0 Å². The zero-order valence-corrected chi connectivity index (χ0v) is 16.0. The van der Waals surface area contributed by atoms with Crippen molar-refractivity contribution < 1.29 is 0 Å². The summed E-state index contributed by atoms with van der Waals surface area (Å²) in [4.78, 5) is 0. The molecule has 4 N–H and O–H groups in total. The van der Waals surface area contributed by atoms with Gasteiger partial charge in [-0.15, -0.1) is 0 Å². The Bertz CT molecular complexity index is 673. The van der Waals surface area contributed by atoms with Gasteiger partial charge in [-0.1, -0.05) is 41.5 Å². The van der Waals surface area contributed by atoms with E-state index in [4.69, 9.17) is 11.5 Å². The van der Waals surface area contributed by atoms with E-state index in [1.165, 1.54) is 33.4 Å². The molecule has 0 radical (unpaired) electrons. The summed E-state index contributed by atoms with van der Waals surface area (Å²) >= 11 is 0. The number of hydrogen-bond acceptors (Lipinski definition) is 2. The minimum Gasteiger partial charge on any atom is -0.398 e. The van der Waals surface area contributed by atoms with Gasteiger partial charge in [0.2, 0.25) is 0 Å². The average Bonchev–Trinajstić information content (AvgIpc) is 2.54. The van der Waals surface area contributed by atoms with Crippen LogP contribution in [0.3, 0.4) is 0 Å². The first kappa shape index (κ1) is 18.4. The summed E-state index contributed by atoms with van der Waals surface area (Å²) in [5.74, 6) is 0.819. The molecule has 0 bridgehead atoms. The number of hydrogen-bond donors (Lipinski definition) is 2. The molecule has 0 spiro atoms. The maximum atomic E-state index is 6.45. The summed E-state index contributed by atoms with van der Waals surface area (Å²) in [7, 11) is 0. The normalized spacial score (nSPS) is 11.5. The molecule has 0 aliphatic carbocycles. The fourth-order valence-electron chi connectivity index (χ4n) is 3.35. The van der Waals surface area contributed by atoms with E-state index in [0.717, 1.165) is 24.2 Å². The van der Waals surface area contributed by atoms with Gasteiger partial charge in [-0.3, -0.25) is 0 Å². The second-order valence-corrected chi connectivity index (χ2v) is 7.29. The number of nitrogen functional groups attached to an aromatic ring is 2. The maximum absolute atomic E-state index is 6.45. The monoisotopic (exact) mass is 324 g/mol. The Balaban J connectivity index is 2.72. The van der Waals surface area contributed by atoms with Gasteiger partial charge >= 0.3 is 0 Å². The Morgan fingerprint density at radius 2 is 1.04 bits per heavy atom. The molecule has 0 heterocycles. The largest absolute Gasteiger partial charge is 0.398 e. The van der Waals surface area contributed by atoms with Crippen molar-refractivity contribution in [2.75, 3.05) is 11.5 Å². The lowest BCUT2D eigenvalue weighted by atomic mass is 9.87. The minimum atomic E-state index is 0.410. The second kappa shape index (κ2) is 7.29. The smallest absolute Gasteiger partial charge is 0.0384 e. The highest BCUT2D eigenvalue weighted by molar-refractivity contribution is 5.75. The molecule has 2 rings (SSSR count). The van der Waals surface area contributed by atoms with Crippen LogP contribution in [-0.2, 0) is 12.8 Å². The predicted octanol–water partition coefficient (Wildman–Crippen LogP) is 5.89. The van der Waals surface area contributed by atoms with Crippen molar-refractivity contribution in [2.45, 2.75) is 66.2 Å². The zero-order valence-electron chi connectivity index (χ0n) is 16.0. The van der Waals surface area contributed by atoms with Gasteiger partial charge < -0.3 is 11.5 Å². The summed E-state index contributed by atoms with van der Waals surface area (Å²) in [6.45, 7) is 13.2. The van der Waals surface area contributed by atoms with E-state index in [0.29, 0.717) is 11.8 Å². The van der Waals surface area contributed by atoms with Gasteiger partial charge in [0, 0.05) is 11.4 Å². The first-order valence-corrected chi connectivity index (χ1v) is 9.14. The molecule has 2 nitrogen and oxygen atoms in total. The number of benzene rings is 2. The van der Waals surface area contributed by atoms with E-state index in [1.54, 1.807) is 0 Å². The fraction of sp³-hybridized carbons (Fsp3) is 0.455. The summed E-state index contributed by atoms with van der Waals surface area (Å²) in [5, 5.41) is 0.